The lowest BCUT2D eigenvalue weighted by atomic mass is 9.87. The molecule has 0 bridgehead atoms. The maximum Gasteiger partial charge on any atom is 0.279 e. The highest BCUT2D eigenvalue weighted by molar-refractivity contribution is 9.10. The van der Waals surface area contributed by atoms with Crippen molar-refractivity contribution < 1.29 is 4.79 Å². The minimum Gasteiger partial charge on any atom is -0.312 e. The van der Waals surface area contributed by atoms with Gasteiger partial charge in [0.1, 0.15) is 5.82 Å². The average molecular weight is 380 g/mol. The number of benzene rings is 1. The van der Waals surface area contributed by atoms with E-state index in [2.05, 4.69) is 26.2 Å². The Bertz CT molecular complexity index is 802. The second-order valence-electron chi connectivity index (χ2n) is 5.08. The molecule has 2 aromatic rings. The molecule has 3 rings (SSSR count). The van der Waals surface area contributed by atoms with Crippen molar-refractivity contribution >= 4 is 39.4 Å². The Hall–Kier alpha value is -1.60. The fourth-order valence-corrected chi connectivity index (χ4v) is 3.50. The third-order valence-corrected chi connectivity index (χ3v) is 5.01. The number of nitrogens with zero attached hydrogens (tertiary/aromatic N) is 2. The quantitative estimate of drug-likeness (QED) is 0.643. The highest BCUT2D eigenvalue weighted by Gasteiger charge is 2.31. The standard InChI is InChI=1S/C15H14BrN3O2S/c1-19-13-12(14(21)18-15(19)22-2)10(7-11(20)17-13)8-3-5-9(16)6-4-8/h3-6,10H,7H2,1-2H3,(H,17,20). The van der Waals surface area contributed by atoms with Gasteiger partial charge in [0.15, 0.2) is 5.16 Å². The van der Waals surface area contributed by atoms with Gasteiger partial charge in [0.2, 0.25) is 5.91 Å². The SMILES string of the molecule is CSc1nc(=O)c2c(n1C)NC(=O)CC2c1ccc(Br)cc1. The topological polar surface area (TPSA) is 64.0 Å². The van der Waals surface area contributed by atoms with Crippen LogP contribution in [0.5, 0.6) is 0 Å². The molecular weight excluding hydrogens is 366 g/mol. The molecule has 5 nitrogen and oxygen atoms in total. The molecule has 0 radical (unpaired) electrons. The first-order valence-electron chi connectivity index (χ1n) is 6.71. The Labute approximate surface area is 140 Å². The number of thioether (sulfide) groups is 1. The van der Waals surface area contributed by atoms with E-state index < -0.39 is 0 Å². The monoisotopic (exact) mass is 379 g/mol. The molecule has 0 spiro atoms. The van der Waals surface area contributed by atoms with Crippen molar-refractivity contribution in [2.45, 2.75) is 17.5 Å². The minimum absolute atomic E-state index is 0.0892. The highest BCUT2D eigenvalue weighted by Crippen LogP contribution is 2.35. The van der Waals surface area contributed by atoms with Crippen LogP contribution in [0.2, 0.25) is 0 Å². The molecule has 7 heteroatoms. The summed E-state index contributed by atoms with van der Waals surface area (Å²) < 4.78 is 2.73. The van der Waals surface area contributed by atoms with Gasteiger partial charge in [-0.1, -0.05) is 39.8 Å². The van der Waals surface area contributed by atoms with Crippen LogP contribution in [-0.4, -0.2) is 21.7 Å². The number of fused-ring (bicyclic) bond motifs is 1. The molecule has 1 N–H and O–H groups in total. The molecule has 0 aliphatic carbocycles. The molecule has 0 fully saturated rings. The van der Waals surface area contributed by atoms with Crippen molar-refractivity contribution in [1.82, 2.24) is 9.55 Å². The van der Waals surface area contributed by atoms with E-state index in [4.69, 9.17) is 0 Å². The van der Waals surface area contributed by atoms with E-state index in [1.165, 1.54) is 11.8 Å². The predicted octanol–water partition coefficient (Wildman–Crippen LogP) is 2.74. The molecule has 1 aromatic carbocycles. The lowest BCUT2D eigenvalue weighted by Gasteiger charge is -2.27. The van der Waals surface area contributed by atoms with Gasteiger partial charge < -0.3 is 9.88 Å². The van der Waals surface area contributed by atoms with Crippen molar-refractivity contribution in [2.75, 3.05) is 11.6 Å². The van der Waals surface area contributed by atoms with Gasteiger partial charge in [0, 0.05) is 23.9 Å². The lowest BCUT2D eigenvalue weighted by Crippen LogP contribution is -2.33. The average Bonchev–Trinajstić information content (AvgIpc) is 2.50. The number of aromatic nitrogens is 2. The van der Waals surface area contributed by atoms with E-state index in [1.807, 2.05) is 30.5 Å². The molecule has 0 saturated carbocycles. The van der Waals surface area contributed by atoms with Gasteiger partial charge in [0.25, 0.3) is 5.56 Å². The molecule has 2 heterocycles. The second-order valence-corrected chi connectivity index (χ2v) is 6.77. The Balaban J connectivity index is 2.21. The number of nitrogens with one attached hydrogen (secondary N) is 1. The molecule has 1 unspecified atom stereocenters. The summed E-state index contributed by atoms with van der Waals surface area (Å²) in [5, 5.41) is 3.40. The Morgan fingerprint density at radius 3 is 2.64 bits per heavy atom. The van der Waals surface area contributed by atoms with E-state index in [1.54, 1.807) is 11.6 Å². The largest absolute Gasteiger partial charge is 0.312 e. The zero-order valence-corrected chi connectivity index (χ0v) is 14.5. The maximum absolute atomic E-state index is 12.5. The molecule has 1 aromatic heterocycles. The molecule has 1 atom stereocenters. The van der Waals surface area contributed by atoms with Gasteiger partial charge in [-0.25, -0.2) is 0 Å². The zero-order valence-electron chi connectivity index (χ0n) is 12.1. The van der Waals surface area contributed by atoms with Crippen LogP contribution in [0, 0.1) is 0 Å². The number of hydrogen-bond donors (Lipinski definition) is 1. The highest BCUT2D eigenvalue weighted by atomic mass is 79.9. The van der Waals surface area contributed by atoms with Gasteiger partial charge >= 0.3 is 0 Å². The van der Waals surface area contributed by atoms with E-state index >= 15 is 0 Å². The summed E-state index contributed by atoms with van der Waals surface area (Å²) in [6.45, 7) is 0. The molecule has 22 heavy (non-hydrogen) atoms. The summed E-state index contributed by atoms with van der Waals surface area (Å²) in [5.74, 6) is 0.196. The number of carbonyl (C=O) groups is 1. The van der Waals surface area contributed by atoms with E-state index in [0.717, 1.165) is 10.0 Å². The summed E-state index contributed by atoms with van der Waals surface area (Å²) in [6.07, 6.45) is 2.11. The summed E-state index contributed by atoms with van der Waals surface area (Å²) in [6, 6.07) is 7.68. The van der Waals surface area contributed by atoms with Crippen LogP contribution in [0.3, 0.4) is 0 Å². The molecule has 1 aliphatic rings. The van der Waals surface area contributed by atoms with Crippen molar-refractivity contribution in [3.63, 3.8) is 0 Å². The number of rotatable bonds is 2. The lowest BCUT2D eigenvalue weighted by molar-refractivity contribution is -0.116. The van der Waals surface area contributed by atoms with Gasteiger partial charge in [-0.05, 0) is 24.0 Å². The second kappa shape index (κ2) is 5.89. The van der Waals surface area contributed by atoms with Crippen LogP contribution in [-0.2, 0) is 11.8 Å². The summed E-state index contributed by atoms with van der Waals surface area (Å²) in [7, 11) is 1.81. The van der Waals surface area contributed by atoms with Gasteiger partial charge in [-0.2, -0.15) is 4.98 Å². The third-order valence-electron chi connectivity index (χ3n) is 3.76. The van der Waals surface area contributed by atoms with Gasteiger partial charge in [-0.3, -0.25) is 9.59 Å². The van der Waals surface area contributed by atoms with Crippen molar-refractivity contribution in [1.29, 1.82) is 0 Å². The fourth-order valence-electron chi connectivity index (χ4n) is 2.70. The van der Waals surface area contributed by atoms with Crippen molar-refractivity contribution in [3.05, 3.63) is 50.2 Å². The first-order chi connectivity index (χ1) is 10.5. The predicted molar refractivity (Wildman–Crippen MR) is 90.5 cm³/mol. The molecule has 1 aliphatic heterocycles. The first-order valence-corrected chi connectivity index (χ1v) is 8.73. The number of carbonyl (C=O) groups excluding carboxylic acids is 1. The molecule has 0 saturated heterocycles. The third kappa shape index (κ3) is 2.59. The van der Waals surface area contributed by atoms with E-state index in [-0.39, 0.29) is 23.8 Å². The minimum atomic E-state index is -0.273. The van der Waals surface area contributed by atoms with Crippen LogP contribution in [0.15, 0.2) is 38.7 Å². The smallest absolute Gasteiger partial charge is 0.279 e. The Morgan fingerprint density at radius 1 is 1.32 bits per heavy atom. The van der Waals surface area contributed by atoms with E-state index in [9.17, 15) is 9.59 Å². The van der Waals surface area contributed by atoms with Crippen molar-refractivity contribution in [3.8, 4) is 0 Å². The maximum atomic E-state index is 12.5. The van der Waals surface area contributed by atoms with Crippen LogP contribution in [0.1, 0.15) is 23.5 Å². The molecule has 114 valence electrons. The first kappa shape index (κ1) is 15.3. The summed E-state index contributed by atoms with van der Waals surface area (Å²) in [5.41, 5.74) is 1.22. The van der Waals surface area contributed by atoms with Crippen LogP contribution in [0.4, 0.5) is 5.82 Å². The Kier molecular flexibility index (Phi) is 4.10. The van der Waals surface area contributed by atoms with Crippen LogP contribution < -0.4 is 10.9 Å². The van der Waals surface area contributed by atoms with E-state index in [0.29, 0.717) is 16.5 Å². The van der Waals surface area contributed by atoms with Crippen LogP contribution >= 0.6 is 27.7 Å². The summed E-state index contributed by atoms with van der Waals surface area (Å²) in [4.78, 5) is 28.7. The summed E-state index contributed by atoms with van der Waals surface area (Å²) >= 11 is 4.77. The fraction of sp³-hybridized carbons (Fsp3) is 0.267. The number of amides is 1. The molecular formula is C15H14BrN3O2S. The molecule has 1 amide bonds. The van der Waals surface area contributed by atoms with Crippen LogP contribution in [0.25, 0.3) is 0 Å². The van der Waals surface area contributed by atoms with Gasteiger partial charge in [-0.15, -0.1) is 0 Å². The zero-order chi connectivity index (χ0) is 15.9. The van der Waals surface area contributed by atoms with Gasteiger partial charge in [0.05, 0.1) is 5.56 Å². The number of halogens is 1. The Morgan fingerprint density at radius 2 is 2.00 bits per heavy atom. The van der Waals surface area contributed by atoms with Crippen molar-refractivity contribution in [2.24, 2.45) is 7.05 Å². The number of hydrogen-bond acceptors (Lipinski definition) is 4. The number of anilines is 1. The normalized spacial score (nSPS) is 17.0.